The molecule has 0 spiro atoms. The van der Waals surface area contributed by atoms with Gasteiger partial charge in [0.15, 0.2) is 0 Å². The summed E-state index contributed by atoms with van der Waals surface area (Å²) in [4.78, 5) is 12.9. The van der Waals surface area contributed by atoms with Crippen LogP contribution in [0.1, 0.15) is 35.5 Å². The minimum atomic E-state index is -0.431. The van der Waals surface area contributed by atoms with Gasteiger partial charge in [0.25, 0.3) is 5.91 Å². The Labute approximate surface area is 164 Å². The second-order valence-electron chi connectivity index (χ2n) is 7.99. The first-order valence-corrected chi connectivity index (χ1v) is 9.24. The molecule has 1 heterocycles. The maximum absolute atomic E-state index is 14.6. The van der Waals surface area contributed by atoms with Crippen molar-refractivity contribution in [2.75, 3.05) is 18.9 Å². The first-order chi connectivity index (χ1) is 13.2. The van der Waals surface area contributed by atoms with Gasteiger partial charge in [-0.25, -0.2) is 4.39 Å². The van der Waals surface area contributed by atoms with Crippen molar-refractivity contribution >= 4 is 22.5 Å². The summed E-state index contributed by atoms with van der Waals surface area (Å²) in [6.07, 6.45) is 0. The van der Waals surface area contributed by atoms with Crippen molar-refractivity contribution in [3.63, 3.8) is 0 Å². The van der Waals surface area contributed by atoms with Gasteiger partial charge in [0.05, 0.1) is 6.54 Å². The summed E-state index contributed by atoms with van der Waals surface area (Å²) in [5.74, 6) is -0.545. The average Bonchev–Trinajstić information content (AvgIpc) is 3.01. The van der Waals surface area contributed by atoms with Crippen LogP contribution in [0.2, 0.25) is 0 Å². The van der Waals surface area contributed by atoms with E-state index >= 15 is 0 Å². The van der Waals surface area contributed by atoms with E-state index in [4.69, 9.17) is 5.73 Å². The Morgan fingerprint density at radius 1 is 1.25 bits per heavy atom. The van der Waals surface area contributed by atoms with E-state index in [0.717, 1.165) is 10.9 Å². The van der Waals surface area contributed by atoms with Gasteiger partial charge in [-0.15, -0.1) is 0 Å². The molecule has 0 radical (unpaired) electrons. The van der Waals surface area contributed by atoms with Crippen LogP contribution >= 0.6 is 0 Å². The summed E-state index contributed by atoms with van der Waals surface area (Å²) in [5, 5.41) is 13.1. The van der Waals surface area contributed by atoms with Crippen molar-refractivity contribution < 1.29 is 14.3 Å². The maximum Gasteiger partial charge on any atom is 0.267 e. The van der Waals surface area contributed by atoms with E-state index in [2.05, 4.69) is 5.32 Å². The Hall–Kier alpha value is -2.86. The number of anilines is 1. The number of nitrogen functional groups attached to an aromatic ring is 1. The van der Waals surface area contributed by atoms with Crippen molar-refractivity contribution in [2.24, 2.45) is 5.41 Å². The number of rotatable bonds is 6. The molecule has 6 heteroatoms. The third-order valence-electron chi connectivity index (χ3n) is 4.91. The van der Waals surface area contributed by atoms with E-state index in [-0.39, 0.29) is 24.9 Å². The Morgan fingerprint density at radius 3 is 2.71 bits per heavy atom. The molecule has 0 aliphatic heterocycles. The van der Waals surface area contributed by atoms with E-state index in [9.17, 15) is 14.3 Å². The number of halogens is 1. The zero-order valence-corrected chi connectivity index (χ0v) is 16.4. The standard InChI is InChI=1S/C22H26FN3O2/c1-14-5-4-6-15(20(14)23)11-26-18-8-7-17(24)9-16(18)10-19(26)21(28)25-12-22(2,3)13-27/h4-10,27H,11-13,24H2,1-3H3,(H,25,28). The first kappa shape index (κ1) is 19.9. The molecule has 0 saturated heterocycles. The fraction of sp³-hybridized carbons (Fsp3) is 0.318. The monoisotopic (exact) mass is 383 g/mol. The van der Waals surface area contributed by atoms with Crippen LogP contribution in [0.15, 0.2) is 42.5 Å². The number of fused-ring (bicyclic) bond motifs is 1. The first-order valence-electron chi connectivity index (χ1n) is 9.24. The molecular formula is C22H26FN3O2. The predicted molar refractivity (Wildman–Crippen MR) is 110 cm³/mol. The Morgan fingerprint density at radius 2 is 2.00 bits per heavy atom. The van der Waals surface area contributed by atoms with Crippen LogP contribution in [0.5, 0.6) is 0 Å². The van der Waals surface area contributed by atoms with Crippen molar-refractivity contribution in [1.29, 1.82) is 0 Å². The lowest BCUT2D eigenvalue weighted by Crippen LogP contribution is -2.36. The number of nitrogens with zero attached hydrogens (tertiary/aromatic N) is 1. The summed E-state index contributed by atoms with van der Waals surface area (Å²) < 4.78 is 16.4. The van der Waals surface area contributed by atoms with Gasteiger partial charge in [0.1, 0.15) is 11.5 Å². The average molecular weight is 383 g/mol. The highest BCUT2D eigenvalue weighted by Crippen LogP contribution is 2.25. The number of benzene rings is 2. The molecule has 0 bridgehead atoms. The van der Waals surface area contributed by atoms with E-state index in [0.29, 0.717) is 29.1 Å². The number of carbonyl (C=O) groups is 1. The molecule has 148 valence electrons. The third kappa shape index (κ3) is 4.02. The van der Waals surface area contributed by atoms with Crippen LogP contribution in [0.4, 0.5) is 10.1 Å². The molecule has 3 aromatic rings. The molecule has 0 unspecified atom stereocenters. The summed E-state index contributed by atoms with van der Waals surface area (Å²) in [7, 11) is 0. The number of aliphatic hydroxyl groups is 1. The second-order valence-corrected chi connectivity index (χ2v) is 7.99. The highest BCUT2D eigenvalue weighted by molar-refractivity contribution is 5.99. The Bertz CT molecular complexity index is 1020. The quantitative estimate of drug-likeness (QED) is 0.570. The lowest BCUT2D eigenvalue weighted by Gasteiger charge is -2.22. The fourth-order valence-corrected chi connectivity index (χ4v) is 3.11. The maximum atomic E-state index is 14.6. The minimum Gasteiger partial charge on any atom is -0.399 e. The Balaban J connectivity index is 2.03. The normalized spacial score (nSPS) is 11.8. The van der Waals surface area contributed by atoms with E-state index < -0.39 is 5.41 Å². The van der Waals surface area contributed by atoms with Gasteiger partial charge in [0, 0.05) is 40.7 Å². The van der Waals surface area contributed by atoms with Gasteiger partial charge in [-0.3, -0.25) is 4.79 Å². The number of aromatic nitrogens is 1. The number of hydrogen-bond donors (Lipinski definition) is 3. The zero-order chi connectivity index (χ0) is 20.5. The Kier molecular flexibility index (Phi) is 5.42. The predicted octanol–water partition coefficient (Wildman–Crippen LogP) is 3.47. The highest BCUT2D eigenvalue weighted by Gasteiger charge is 2.21. The molecule has 0 aliphatic carbocycles. The van der Waals surface area contributed by atoms with Gasteiger partial charge >= 0.3 is 0 Å². The van der Waals surface area contributed by atoms with Crippen molar-refractivity contribution in [3.05, 3.63) is 65.1 Å². The van der Waals surface area contributed by atoms with Gasteiger partial charge in [-0.1, -0.05) is 32.0 Å². The lowest BCUT2D eigenvalue weighted by atomic mass is 9.95. The molecule has 4 N–H and O–H groups in total. The van der Waals surface area contributed by atoms with Crippen molar-refractivity contribution in [1.82, 2.24) is 9.88 Å². The molecule has 1 aromatic heterocycles. The van der Waals surface area contributed by atoms with Crippen LogP contribution in [-0.4, -0.2) is 28.7 Å². The smallest absolute Gasteiger partial charge is 0.267 e. The van der Waals surface area contributed by atoms with Crippen LogP contribution in [0, 0.1) is 18.2 Å². The third-order valence-corrected chi connectivity index (χ3v) is 4.91. The number of amides is 1. The molecule has 2 aromatic carbocycles. The highest BCUT2D eigenvalue weighted by atomic mass is 19.1. The van der Waals surface area contributed by atoms with Crippen molar-refractivity contribution in [2.45, 2.75) is 27.3 Å². The molecule has 3 rings (SSSR count). The van der Waals surface area contributed by atoms with E-state index in [1.165, 1.54) is 0 Å². The number of aryl methyl sites for hydroxylation is 1. The second kappa shape index (κ2) is 7.64. The molecule has 1 amide bonds. The molecule has 0 fully saturated rings. The lowest BCUT2D eigenvalue weighted by molar-refractivity contribution is 0.0902. The number of aliphatic hydroxyl groups excluding tert-OH is 1. The minimum absolute atomic E-state index is 0.0404. The fourth-order valence-electron chi connectivity index (χ4n) is 3.11. The topological polar surface area (TPSA) is 80.3 Å². The SMILES string of the molecule is Cc1cccc(Cn2c(C(=O)NCC(C)(C)CO)cc3cc(N)ccc32)c1F. The van der Waals surface area contributed by atoms with Crippen LogP contribution in [-0.2, 0) is 6.54 Å². The molecular weight excluding hydrogens is 357 g/mol. The van der Waals surface area contributed by atoms with Gasteiger partial charge in [-0.2, -0.15) is 0 Å². The van der Waals surface area contributed by atoms with Gasteiger partial charge in [-0.05, 0) is 36.8 Å². The zero-order valence-electron chi connectivity index (χ0n) is 16.4. The molecule has 0 saturated carbocycles. The van der Waals surface area contributed by atoms with E-state index in [1.807, 2.05) is 19.9 Å². The molecule has 5 nitrogen and oxygen atoms in total. The van der Waals surface area contributed by atoms with Crippen molar-refractivity contribution in [3.8, 4) is 0 Å². The van der Waals surface area contributed by atoms with Gasteiger partial charge in [0.2, 0.25) is 0 Å². The molecule has 28 heavy (non-hydrogen) atoms. The summed E-state index contributed by atoms with van der Waals surface area (Å²) in [6.45, 7) is 5.97. The van der Waals surface area contributed by atoms with Crippen LogP contribution < -0.4 is 11.1 Å². The number of hydrogen-bond acceptors (Lipinski definition) is 3. The summed E-state index contributed by atoms with van der Waals surface area (Å²) >= 11 is 0. The number of nitrogens with one attached hydrogen (secondary N) is 1. The molecule has 0 aliphatic rings. The van der Waals surface area contributed by atoms with Crippen LogP contribution in [0.3, 0.4) is 0 Å². The number of carbonyl (C=O) groups excluding carboxylic acids is 1. The largest absolute Gasteiger partial charge is 0.399 e. The van der Waals surface area contributed by atoms with Crippen LogP contribution in [0.25, 0.3) is 10.9 Å². The van der Waals surface area contributed by atoms with E-state index in [1.54, 1.807) is 47.9 Å². The summed E-state index contributed by atoms with van der Waals surface area (Å²) in [5.41, 5.74) is 8.37. The van der Waals surface area contributed by atoms with Gasteiger partial charge < -0.3 is 20.7 Å². The summed E-state index contributed by atoms with van der Waals surface area (Å²) in [6, 6.07) is 12.4. The molecule has 0 atom stereocenters. The number of nitrogens with two attached hydrogens (primary N) is 1.